The first kappa shape index (κ1) is 14.9. The van der Waals surface area contributed by atoms with Gasteiger partial charge in [-0.15, -0.1) is 0 Å². The lowest BCUT2D eigenvalue weighted by Crippen LogP contribution is -2.28. The van der Waals surface area contributed by atoms with E-state index in [4.69, 9.17) is 4.84 Å². The maximum atomic E-state index is 11.9. The Balaban J connectivity index is 2.00. The third kappa shape index (κ3) is 2.83. The van der Waals surface area contributed by atoms with Crippen LogP contribution in [0.3, 0.4) is 0 Å². The van der Waals surface area contributed by atoms with E-state index in [0.717, 1.165) is 5.56 Å². The lowest BCUT2D eigenvalue weighted by molar-refractivity contribution is -0.384. The highest BCUT2D eigenvalue weighted by atomic mass is 16.6. The summed E-state index contributed by atoms with van der Waals surface area (Å²) in [4.78, 5) is 27.5. The zero-order chi connectivity index (χ0) is 16.4. The van der Waals surface area contributed by atoms with Gasteiger partial charge in [-0.1, -0.05) is 35.5 Å². The summed E-state index contributed by atoms with van der Waals surface area (Å²) in [5.74, 6) is -0.435. The van der Waals surface area contributed by atoms with E-state index in [9.17, 15) is 14.9 Å². The van der Waals surface area contributed by atoms with Crippen molar-refractivity contribution in [1.82, 2.24) is 0 Å². The molecule has 0 saturated heterocycles. The number of rotatable bonds is 4. The van der Waals surface area contributed by atoms with Crippen molar-refractivity contribution >= 4 is 17.2 Å². The molecule has 1 aliphatic heterocycles. The Morgan fingerprint density at radius 1 is 1.13 bits per heavy atom. The molecule has 0 radical (unpaired) electrons. The zero-order valence-electron chi connectivity index (χ0n) is 12.4. The second-order valence-electron chi connectivity index (χ2n) is 5.31. The van der Waals surface area contributed by atoms with Gasteiger partial charge in [-0.3, -0.25) is 14.9 Å². The van der Waals surface area contributed by atoms with Crippen molar-refractivity contribution in [2.75, 3.05) is 0 Å². The predicted octanol–water partition coefficient (Wildman–Crippen LogP) is 3.07. The van der Waals surface area contributed by atoms with Gasteiger partial charge in [0, 0.05) is 17.7 Å². The van der Waals surface area contributed by atoms with E-state index in [1.54, 1.807) is 12.1 Å². The number of benzene rings is 2. The van der Waals surface area contributed by atoms with Crippen LogP contribution in [-0.4, -0.2) is 22.5 Å². The van der Waals surface area contributed by atoms with Crippen LogP contribution in [0.5, 0.6) is 0 Å². The summed E-state index contributed by atoms with van der Waals surface area (Å²) >= 11 is 0. The minimum atomic E-state index is -0.678. The fourth-order valence-corrected chi connectivity index (χ4v) is 2.66. The number of Topliss-reactive ketones (excluding diaryl/α,β-unsaturated/α-hetero) is 1. The van der Waals surface area contributed by atoms with Crippen molar-refractivity contribution in [3.8, 4) is 0 Å². The number of carbonyl (C=O) groups excluding carboxylic acids is 1. The smallest absolute Gasteiger partial charge is 0.269 e. The topological polar surface area (TPSA) is 81.8 Å². The molecule has 2 aromatic rings. The van der Waals surface area contributed by atoms with Crippen LogP contribution in [0, 0.1) is 10.1 Å². The third-order valence-electron chi connectivity index (χ3n) is 3.80. The summed E-state index contributed by atoms with van der Waals surface area (Å²) in [5.41, 5.74) is 2.23. The van der Waals surface area contributed by atoms with Gasteiger partial charge >= 0.3 is 0 Å². The van der Waals surface area contributed by atoms with Gasteiger partial charge in [0.1, 0.15) is 0 Å². The fourth-order valence-electron chi connectivity index (χ4n) is 2.66. The Labute approximate surface area is 132 Å². The predicted molar refractivity (Wildman–Crippen MR) is 84.4 cm³/mol. The van der Waals surface area contributed by atoms with E-state index < -0.39 is 11.0 Å². The van der Waals surface area contributed by atoms with E-state index in [2.05, 4.69) is 5.16 Å². The van der Waals surface area contributed by atoms with Crippen LogP contribution >= 0.6 is 0 Å². The normalized spacial score (nSPS) is 19.8. The van der Waals surface area contributed by atoms with Gasteiger partial charge in [0.2, 0.25) is 0 Å². The molecule has 23 heavy (non-hydrogen) atoms. The Hall–Kier alpha value is -3.02. The van der Waals surface area contributed by atoms with E-state index in [1.807, 2.05) is 30.3 Å². The number of oxime groups is 1. The molecule has 3 rings (SSSR count). The van der Waals surface area contributed by atoms with Gasteiger partial charge in [0.15, 0.2) is 11.9 Å². The maximum absolute atomic E-state index is 11.9. The van der Waals surface area contributed by atoms with Crippen molar-refractivity contribution in [2.24, 2.45) is 5.16 Å². The first-order chi connectivity index (χ1) is 11.1. The summed E-state index contributed by atoms with van der Waals surface area (Å²) in [5, 5.41) is 14.8. The van der Waals surface area contributed by atoms with Crippen molar-refractivity contribution in [3.05, 3.63) is 75.8 Å². The van der Waals surface area contributed by atoms with Crippen molar-refractivity contribution in [3.63, 3.8) is 0 Å². The zero-order valence-corrected chi connectivity index (χ0v) is 12.4. The number of nitro benzene ring substituents is 1. The molecule has 1 aliphatic rings. The van der Waals surface area contributed by atoms with E-state index in [-0.39, 0.29) is 17.4 Å². The Kier molecular flexibility index (Phi) is 3.89. The molecule has 0 spiro atoms. The minimum absolute atomic E-state index is 0.00708. The highest BCUT2D eigenvalue weighted by Crippen LogP contribution is 2.33. The summed E-state index contributed by atoms with van der Waals surface area (Å²) in [6.07, 6.45) is -0.678. The van der Waals surface area contributed by atoms with Gasteiger partial charge in [0.25, 0.3) is 5.69 Å². The fraction of sp³-hybridized carbons (Fsp3) is 0.176. The number of nitro groups is 1. The molecule has 0 aromatic heterocycles. The standard InChI is InChI=1S/C17H14N2O4/c1-11(20)17-15(12-5-3-2-4-6-12)16(18-23-17)13-7-9-14(10-8-13)19(21)22/h2-10,15,17H,1H3. The van der Waals surface area contributed by atoms with Crippen LogP contribution in [0.15, 0.2) is 59.8 Å². The Bertz CT molecular complexity index is 769. The third-order valence-corrected chi connectivity index (χ3v) is 3.80. The minimum Gasteiger partial charge on any atom is -0.383 e. The number of hydrogen-bond donors (Lipinski definition) is 0. The molecule has 2 unspecified atom stereocenters. The molecular weight excluding hydrogens is 296 g/mol. The molecule has 1 heterocycles. The molecule has 0 amide bonds. The van der Waals surface area contributed by atoms with E-state index in [1.165, 1.54) is 19.1 Å². The van der Waals surface area contributed by atoms with Crippen molar-refractivity contribution < 1.29 is 14.6 Å². The van der Waals surface area contributed by atoms with Gasteiger partial charge in [-0.25, -0.2) is 0 Å². The van der Waals surface area contributed by atoms with Crippen LogP contribution in [0.1, 0.15) is 24.0 Å². The first-order valence-electron chi connectivity index (χ1n) is 7.12. The summed E-state index contributed by atoms with van der Waals surface area (Å²) in [6, 6.07) is 15.6. The van der Waals surface area contributed by atoms with Gasteiger partial charge < -0.3 is 4.84 Å². The molecule has 0 aliphatic carbocycles. The molecule has 2 aromatic carbocycles. The van der Waals surface area contributed by atoms with Gasteiger partial charge in [0.05, 0.1) is 16.6 Å². The molecule has 0 bridgehead atoms. The lowest BCUT2D eigenvalue weighted by atomic mass is 9.85. The quantitative estimate of drug-likeness (QED) is 0.642. The van der Waals surface area contributed by atoms with Crippen LogP contribution in [0.2, 0.25) is 0 Å². The average molecular weight is 310 g/mol. The highest BCUT2D eigenvalue weighted by Gasteiger charge is 2.39. The highest BCUT2D eigenvalue weighted by molar-refractivity contribution is 6.09. The van der Waals surface area contributed by atoms with Crippen LogP contribution in [0.25, 0.3) is 0 Å². The number of non-ortho nitro benzene ring substituents is 1. The van der Waals surface area contributed by atoms with Crippen molar-refractivity contribution in [1.29, 1.82) is 0 Å². The molecule has 0 saturated carbocycles. The number of hydrogen-bond acceptors (Lipinski definition) is 5. The summed E-state index contributed by atoms with van der Waals surface area (Å²) < 4.78 is 0. The first-order valence-corrected chi connectivity index (χ1v) is 7.12. The van der Waals surface area contributed by atoms with Crippen LogP contribution in [0.4, 0.5) is 5.69 Å². The van der Waals surface area contributed by atoms with Crippen molar-refractivity contribution in [2.45, 2.75) is 18.9 Å². The second kappa shape index (κ2) is 6.00. The summed E-state index contributed by atoms with van der Waals surface area (Å²) in [6.45, 7) is 1.47. The Morgan fingerprint density at radius 2 is 1.78 bits per heavy atom. The monoisotopic (exact) mass is 310 g/mol. The molecule has 116 valence electrons. The number of ketones is 1. The maximum Gasteiger partial charge on any atom is 0.269 e. The molecule has 6 nitrogen and oxygen atoms in total. The van der Waals surface area contributed by atoms with Gasteiger partial charge in [-0.05, 0) is 24.6 Å². The SMILES string of the molecule is CC(=O)C1ON=C(c2ccc([N+](=O)[O-])cc2)C1c1ccccc1. The Morgan fingerprint density at radius 3 is 2.35 bits per heavy atom. The molecule has 6 heteroatoms. The van der Waals surface area contributed by atoms with E-state index >= 15 is 0 Å². The lowest BCUT2D eigenvalue weighted by Gasteiger charge is -2.17. The van der Waals surface area contributed by atoms with Crippen LogP contribution in [-0.2, 0) is 9.63 Å². The summed E-state index contributed by atoms with van der Waals surface area (Å²) in [7, 11) is 0. The molecule has 0 N–H and O–H groups in total. The molecule has 0 fully saturated rings. The largest absolute Gasteiger partial charge is 0.383 e. The second-order valence-corrected chi connectivity index (χ2v) is 5.31. The van der Waals surface area contributed by atoms with Gasteiger partial charge in [-0.2, -0.15) is 0 Å². The molecular formula is C17H14N2O4. The average Bonchev–Trinajstić information content (AvgIpc) is 3.01. The number of nitrogens with zero attached hydrogens (tertiary/aromatic N) is 2. The van der Waals surface area contributed by atoms with Crippen LogP contribution < -0.4 is 0 Å². The van der Waals surface area contributed by atoms with E-state index in [0.29, 0.717) is 11.3 Å². The molecule has 2 atom stereocenters. The number of carbonyl (C=O) groups is 1.